The van der Waals surface area contributed by atoms with E-state index in [-0.39, 0.29) is 10.9 Å². The van der Waals surface area contributed by atoms with Gasteiger partial charge in [0.05, 0.1) is 0 Å². The molecule has 1 rings (SSSR count). The molecule has 2 N–H and O–H groups in total. The third-order valence-electron chi connectivity index (χ3n) is 1.73. The second kappa shape index (κ2) is 4.78. The zero-order chi connectivity index (χ0) is 13.2. The lowest BCUT2D eigenvalue weighted by molar-refractivity contribution is -0.275. The number of carbonyl (C=O) groups is 1. The molecule has 1 heterocycles. The normalized spacial score (nSPS) is 11.3. The average molecular weight is 316 g/mol. The quantitative estimate of drug-likeness (QED) is 0.834. The Morgan fingerprint density at radius 1 is 1.53 bits per heavy atom. The van der Waals surface area contributed by atoms with Gasteiger partial charge in [0.1, 0.15) is 5.56 Å². The van der Waals surface area contributed by atoms with E-state index in [0.717, 1.165) is 0 Å². The zero-order valence-corrected chi connectivity index (χ0v) is 9.55. The number of carboxylic acid groups (broad SMARTS) is 1. The highest BCUT2D eigenvalue weighted by Gasteiger charge is 2.33. The molecule has 17 heavy (non-hydrogen) atoms. The van der Waals surface area contributed by atoms with Gasteiger partial charge in [-0.05, 0) is 0 Å². The van der Waals surface area contributed by atoms with E-state index >= 15 is 0 Å². The molecule has 0 atom stereocenters. The molecule has 0 bridgehead atoms. The van der Waals surface area contributed by atoms with Gasteiger partial charge < -0.3 is 14.8 Å². The molecule has 0 amide bonds. The van der Waals surface area contributed by atoms with Crippen LogP contribution >= 0.6 is 15.9 Å². The number of hydrogen-bond acceptors (Lipinski definition) is 3. The number of carboxylic acids is 1. The number of aromatic amines is 1. The van der Waals surface area contributed by atoms with Gasteiger partial charge in [-0.1, -0.05) is 15.9 Å². The maximum atomic E-state index is 12.0. The van der Waals surface area contributed by atoms with Crippen molar-refractivity contribution in [3.63, 3.8) is 0 Å². The number of rotatable bonds is 3. The van der Waals surface area contributed by atoms with Crippen LogP contribution in [0.4, 0.5) is 13.2 Å². The Morgan fingerprint density at radius 3 is 2.53 bits per heavy atom. The van der Waals surface area contributed by atoms with Gasteiger partial charge in [0.15, 0.2) is 5.75 Å². The average Bonchev–Trinajstić information content (AvgIpc) is 2.17. The zero-order valence-electron chi connectivity index (χ0n) is 7.97. The van der Waals surface area contributed by atoms with Crippen molar-refractivity contribution in [2.45, 2.75) is 11.7 Å². The fraction of sp³-hybridized carbons (Fsp3) is 0.250. The molecule has 1 aromatic heterocycles. The summed E-state index contributed by atoms with van der Waals surface area (Å²) in [6.45, 7) is 0. The maximum Gasteiger partial charge on any atom is 0.573 e. The number of hydrogen-bond donors (Lipinski definition) is 2. The molecule has 0 aliphatic rings. The molecule has 0 saturated heterocycles. The standard InChI is InChI=1S/C8H5BrF3NO4/c9-1-3-4(17-8(10,11)12)2-13-6(14)5(3)7(15)16/h2H,1H2,(H,13,14)(H,15,16). The Kier molecular flexibility index (Phi) is 3.81. The molecule has 0 aromatic carbocycles. The molecule has 0 fully saturated rings. The fourth-order valence-electron chi connectivity index (χ4n) is 1.13. The Morgan fingerprint density at radius 2 is 2.12 bits per heavy atom. The highest BCUT2D eigenvalue weighted by molar-refractivity contribution is 9.08. The van der Waals surface area contributed by atoms with Crippen LogP contribution in [-0.4, -0.2) is 22.4 Å². The lowest BCUT2D eigenvalue weighted by Gasteiger charge is -2.12. The summed E-state index contributed by atoms with van der Waals surface area (Å²) in [4.78, 5) is 23.8. The molecular weight excluding hydrogens is 311 g/mol. The Labute approximate surface area is 100 Å². The molecule has 94 valence electrons. The number of ether oxygens (including phenoxy) is 1. The first-order valence-electron chi connectivity index (χ1n) is 4.06. The Hall–Kier alpha value is -1.51. The van der Waals surface area contributed by atoms with Crippen molar-refractivity contribution in [1.82, 2.24) is 4.98 Å². The van der Waals surface area contributed by atoms with Crippen LogP contribution in [0.1, 0.15) is 15.9 Å². The van der Waals surface area contributed by atoms with E-state index in [1.54, 1.807) is 0 Å². The first-order valence-corrected chi connectivity index (χ1v) is 5.18. The van der Waals surface area contributed by atoms with Crippen molar-refractivity contribution in [3.8, 4) is 5.75 Å². The van der Waals surface area contributed by atoms with Gasteiger partial charge in [0.25, 0.3) is 5.56 Å². The van der Waals surface area contributed by atoms with Crippen LogP contribution in [0.15, 0.2) is 11.0 Å². The number of aromatic carboxylic acids is 1. The predicted octanol–water partition coefficient (Wildman–Crippen LogP) is 1.87. The Bertz CT molecular complexity index is 497. The van der Waals surface area contributed by atoms with E-state index in [1.165, 1.54) is 0 Å². The molecule has 9 heteroatoms. The predicted molar refractivity (Wildman–Crippen MR) is 53.3 cm³/mol. The van der Waals surface area contributed by atoms with Gasteiger partial charge in [0.2, 0.25) is 0 Å². The first kappa shape index (κ1) is 13.6. The fourth-order valence-corrected chi connectivity index (χ4v) is 1.68. The van der Waals surface area contributed by atoms with Crippen LogP contribution in [0.3, 0.4) is 0 Å². The minimum absolute atomic E-state index is 0.260. The molecule has 0 unspecified atom stereocenters. The molecule has 5 nitrogen and oxygen atoms in total. The van der Waals surface area contributed by atoms with E-state index in [1.807, 2.05) is 4.98 Å². The van der Waals surface area contributed by atoms with Crippen LogP contribution in [0.5, 0.6) is 5.75 Å². The van der Waals surface area contributed by atoms with Crippen molar-refractivity contribution >= 4 is 21.9 Å². The van der Waals surface area contributed by atoms with Crippen molar-refractivity contribution in [1.29, 1.82) is 0 Å². The third-order valence-corrected chi connectivity index (χ3v) is 2.29. The summed E-state index contributed by atoms with van der Waals surface area (Å²) in [6.07, 6.45) is -4.30. The summed E-state index contributed by atoms with van der Waals surface area (Å²) < 4.78 is 39.6. The second-order valence-corrected chi connectivity index (χ2v) is 3.38. The molecule has 0 spiro atoms. The molecular formula is C8H5BrF3NO4. The summed E-state index contributed by atoms with van der Waals surface area (Å²) in [7, 11) is 0. The Balaban J connectivity index is 3.39. The second-order valence-electron chi connectivity index (χ2n) is 2.82. The number of alkyl halides is 4. The van der Waals surface area contributed by atoms with Crippen molar-refractivity contribution < 1.29 is 27.8 Å². The van der Waals surface area contributed by atoms with Crippen LogP contribution in [0.25, 0.3) is 0 Å². The van der Waals surface area contributed by atoms with Gasteiger partial charge in [-0.15, -0.1) is 13.2 Å². The van der Waals surface area contributed by atoms with Crippen LogP contribution < -0.4 is 10.3 Å². The largest absolute Gasteiger partial charge is 0.573 e. The summed E-state index contributed by atoms with van der Waals surface area (Å²) in [5, 5.41) is 8.46. The van der Waals surface area contributed by atoms with Crippen LogP contribution in [0, 0.1) is 0 Å². The van der Waals surface area contributed by atoms with Crippen molar-refractivity contribution in [2.24, 2.45) is 0 Å². The van der Waals surface area contributed by atoms with Crippen molar-refractivity contribution in [2.75, 3.05) is 0 Å². The number of aromatic nitrogens is 1. The molecule has 0 aliphatic heterocycles. The van der Waals surface area contributed by atoms with E-state index in [2.05, 4.69) is 20.7 Å². The van der Waals surface area contributed by atoms with Crippen LogP contribution in [-0.2, 0) is 5.33 Å². The number of nitrogens with one attached hydrogen (secondary N) is 1. The van der Waals surface area contributed by atoms with Gasteiger partial charge in [-0.3, -0.25) is 4.79 Å². The minimum atomic E-state index is -4.97. The summed E-state index contributed by atoms with van der Waals surface area (Å²) >= 11 is 2.81. The molecule has 0 radical (unpaired) electrons. The highest BCUT2D eigenvalue weighted by atomic mass is 79.9. The summed E-state index contributed by atoms with van der Waals surface area (Å²) in [6, 6.07) is 0. The van der Waals surface area contributed by atoms with E-state index in [9.17, 15) is 22.8 Å². The lowest BCUT2D eigenvalue weighted by atomic mass is 10.1. The summed E-state index contributed by atoms with van der Waals surface area (Å²) in [5.74, 6) is -2.39. The van der Waals surface area contributed by atoms with Gasteiger partial charge in [-0.2, -0.15) is 0 Å². The van der Waals surface area contributed by atoms with E-state index in [0.29, 0.717) is 6.20 Å². The lowest BCUT2D eigenvalue weighted by Crippen LogP contribution is -2.24. The monoisotopic (exact) mass is 315 g/mol. The van der Waals surface area contributed by atoms with Gasteiger partial charge in [0, 0.05) is 17.1 Å². The topological polar surface area (TPSA) is 79.4 Å². The first-order chi connectivity index (χ1) is 7.76. The van der Waals surface area contributed by atoms with E-state index < -0.39 is 29.2 Å². The summed E-state index contributed by atoms with van der Waals surface area (Å²) in [5.41, 5.74) is -2.16. The number of halogens is 4. The van der Waals surface area contributed by atoms with Gasteiger partial charge >= 0.3 is 12.3 Å². The molecule has 0 aliphatic carbocycles. The SMILES string of the molecule is O=C(O)c1c(CBr)c(OC(F)(F)F)c[nH]c1=O. The smallest absolute Gasteiger partial charge is 0.477 e. The third kappa shape index (κ3) is 3.22. The molecule has 1 aromatic rings. The highest BCUT2D eigenvalue weighted by Crippen LogP contribution is 2.28. The van der Waals surface area contributed by atoms with Crippen LogP contribution in [0.2, 0.25) is 0 Å². The van der Waals surface area contributed by atoms with Crippen molar-refractivity contribution in [3.05, 3.63) is 27.7 Å². The maximum absolute atomic E-state index is 12.0. The minimum Gasteiger partial charge on any atom is -0.477 e. The number of H-pyrrole nitrogens is 1. The number of pyridine rings is 1. The molecule has 0 saturated carbocycles. The van der Waals surface area contributed by atoms with Gasteiger partial charge in [-0.25, -0.2) is 4.79 Å². The van der Waals surface area contributed by atoms with E-state index in [4.69, 9.17) is 5.11 Å².